The second-order valence-corrected chi connectivity index (χ2v) is 5.34. The van der Waals surface area contributed by atoms with Crippen molar-refractivity contribution in [3.63, 3.8) is 0 Å². The highest BCUT2D eigenvalue weighted by molar-refractivity contribution is 6.32. The van der Waals surface area contributed by atoms with E-state index in [9.17, 15) is 0 Å². The highest BCUT2D eigenvalue weighted by atomic mass is 35.5. The Morgan fingerprint density at radius 3 is 2.81 bits per heavy atom. The molecule has 0 aliphatic rings. The lowest BCUT2D eigenvalue weighted by Crippen LogP contribution is -2.21. The molecule has 0 radical (unpaired) electrons. The largest absolute Gasteiger partial charge is 0.369 e. The number of nitrogens with two attached hydrogens (primary N) is 1. The summed E-state index contributed by atoms with van der Waals surface area (Å²) in [6.45, 7) is 2.72. The molecule has 2 rings (SSSR count). The minimum absolute atomic E-state index is 0.225. The molecule has 1 aromatic heterocycles. The fourth-order valence-corrected chi connectivity index (χ4v) is 2.19. The van der Waals surface area contributed by atoms with E-state index in [-0.39, 0.29) is 5.95 Å². The van der Waals surface area contributed by atoms with Gasteiger partial charge >= 0.3 is 0 Å². The Bertz CT molecular complexity index is 561. The molecule has 0 unspecified atom stereocenters. The third-order valence-electron chi connectivity index (χ3n) is 3.07. The maximum atomic E-state index is 5.99. The van der Waals surface area contributed by atoms with E-state index in [0.717, 1.165) is 26.1 Å². The molecule has 3 N–H and O–H groups in total. The van der Waals surface area contributed by atoms with E-state index >= 15 is 0 Å². The molecule has 6 heteroatoms. The SMILES string of the molecule is CN(CCCNc1nc(N)ncc1Cl)Cc1ccccc1. The van der Waals surface area contributed by atoms with Crippen LogP contribution in [-0.2, 0) is 6.54 Å². The summed E-state index contributed by atoms with van der Waals surface area (Å²) in [6, 6.07) is 10.4. The maximum absolute atomic E-state index is 5.99. The van der Waals surface area contributed by atoms with Crippen LogP contribution >= 0.6 is 11.6 Å². The van der Waals surface area contributed by atoms with Gasteiger partial charge in [-0.1, -0.05) is 41.9 Å². The van der Waals surface area contributed by atoms with Crippen molar-refractivity contribution in [1.29, 1.82) is 0 Å². The van der Waals surface area contributed by atoms with Gasteiger partial charge in [0.25, 0.3) is 0 Å². The zero-order valence-corrected chi connectivity index (χ0v) is 12.8. The van der Waals surface area contributed by atoms with Crippen molar-refractivity contribution >= 4 is 23.4 Å². The lowest BCUT2D eigenvalue weighted by molar-refractivity contribution is 0.325. The number of rotatable bonds is 7. The Balaban J connectivity index is 1.71. The predicted molar refractivity (Wildman–Crippen MR) is 87.3 cm³/mol. The summed E-state index contributed by atoms with van der Waals surface area (Å²) in [5, 5.41) is 3.67. The summed E-state index contributed by atoms with van der Waals surface area (Å²) < 4.78 is 0. The Labute approximate surface area is 130 Å². The molecular formula is C15H20ClN5. The summed E-state index contributed by atoms with van der Waals surface area (Å²) in [7, 11) is 2.11. The van der Waals surface area contributed by atoms with Crippen LogP contribution in [0.15, 0.2) is 36.5 Å². The molecule has 0 fully saturated rings. The molecule has 21 heavy (non-hydrogen) atoms. The molecule has 0 bridgehead atoms. The zero-order valence-electron chi connectivity index (χ0n) is 12.1. The first-order valence-electron chi connectivity index (χ1n) is 6.89. The normalized spacial score (nSPS) is 10.8. The van der Waals surface area contributed by atoms with Crippen LogP contribution in [0.5, 0.6) is 0 Å². The van der Waals surface area contributed by atoms with Gasteiger partial charge < -0.3 is 16.0 Å². The maximum Gasteiger partial charge on any atom is 0.222 e. The van der Waals surface area contributed by atoms with E-state index in [2.05, 4.69) is 51.5 Å². The van der Waals surface area contributed by atoms with Crippen LogP contribution in [-0.4, -0.2) is 35.0 Å². The summed E-state index contributed by atoms with van der Waals surface area (Å²) in [6.07, 6.45) is 2.50. The molecule has 0 amide bonds. The number of aromatic nitrogens is 2. The van der Waals surface area contributed by atoms with Gasteiger partial charge in [-0.2, -0.15) is 4.98 Å². The second-order valence-electron chi connectivity index (χ2n) is 4.93. The Kier molecular flexibility index (Phi) is 5.78. The van der Waals surface area contributed by atoms with E-state index in [1.165, 1.54) is 11.8 Å². The number of nitrogens with one attached hydrogen (secondary N) is 1. The van der Waals surface area contributed by atoms with Crippen molar-refractivity contribution in [2.45, 2.75) is 13.0 Å². The zero-order chi connectivity index (χ0) is 15.1. The van der Waals surface area contributed by atoms with Gasteiger partial charge in [0.15, 0.2) is 0 Å². The lowest BCUT2D eigenvalue weighted by Gasteiger charge is -2.17. The molecule has 2 aromatic rings. The van der Waals surface area contributed by atoms with E-state index < -0.39 is 0 Å². The van der Waals surface area contributed by atoms with Crippen molar-refractivity contribution in [2.24, 2.45) is 0 Å². The highest BCUT2D eigenvalue weighted by Gasteiger charge is 2.04. The molecule has 0 aliphatic carbocycles. The number of hydrogen-bond acceptors (Lipinski definition) is 5. The fraction of sp³-hybridized carbons (Fsp3) is 0.333. The molecule has 0 atom stereocenters. The summed E-state index contributed by atoms with van der Waals surface area (Å²) in [5.41, 5.74) is 6.86. The standard InChI is InChI=1S/C15H20ClN5/c1-21(11-12-6-3-2-4-7-12)9-5-8-18-14-13(16)10-19-15(17)20-14/h2-4,6-7,10H,5,8-9,11H2,1H3,(H3,17,18,19,20). The van der Waals surface area contributed by atoms with E-state index in [0.29, 0.717) is 10.8 Å². The minimum atomic E-state index is 0.225. The Hall–Kier alpha value is -1.85. The fourth-order valence-electron chi connectivity index (χ4n) is 2.03. The molecule has 0 spiro atoms. The first kappa shape index (κ1) is 15.5. The predicted octanol–water partition coefficient (Wildman–Crippen LogP) is 2.65. The molecule has 5 nitrogen and oxygen atoms in total. The molecule has 0 aliphatic heterocycles. The highest BCUT2D eigenvalue weighted by Crippen LogP contribution is 2.18. The summed E-state index contributed by atoms with van der Waals surface area (Å²) in [5.74, 6) is 0.818. The molecule has 1 heterocycles. The first-order chi connectivity index (χ1) is 10.1. The van der Waals surface area contributed by atoms with E-state index in [4.69, 9.17) is 17.3 Å². The lowest BCUT2D eigenvalue weighted by atomic mass is 10.2. The van der Waals surface area contributed by atoms with Gasteiger partial charge in [-0.25, -0.2) is 4.98 Å². The number of hydrogen-bond donors (Lipinski definition) is 2. The van der Waals surface area contributed by atoms with Crippen molar-refractivity contribution in [1.82, 2.24) is 14.9 Å². The van der Waals surface area contributed by atoms with Gasteiger partial charge in [-0.05, 0) is 25.6 Å². The van der Waals surface area contributed by atoms with Crippen LogP contribution in [0, 0.1) is 0 Å². The molecular weight excluding hydrogens is 286 g/mol. The Morgan fingerprint density at radius 1 is 1.29 bits per heavy atom. The average Bonchev–Trinajstić information content (AvgIpc) is 2.48. The first-order valence-corrected chi connectivity index (χ1v) is 7.27. The third kappa shape index (κ3) is 5.21. The molecule has 112 valence electrons. The average molecular weight is 306 g/mol. The monoisotopic (exact) mass is 305 g/mol. The minimum Gasteiger partial charge on any atom is -0.369 e. The van der Waals surface area contributed by atoms with Crippen LogP contribution < -0.4 is 11.1 Å². The van der Waals surface area contributed by atoms with E-state index in [1.807, 2.05) is 6.07 Å². The van der Waals surface area contributed by atoms with Crippen LogP contribution in [0.1, 0.15) is 12.0 Å². The summed E-state index contributed by atoms with van der Waals surface area (Å²) in [4.78, 5) is 10.2. The number of nitrogens with zero attached hydrogens (tertiary/aromatic N) is 3. The van der Waals surface area contributed by atoms with Crippen molar-refractivity contribution in [2.75, 3.05) is 31.2 Å². The van der Waals surface area contributed by atoms with E-state index in [1.54, 1.807) is 0 Å². The molecule has 0 saturated carbocycles. The van der Waals surface area contributed by atoms with Crippen LogP contribution in [0.2, 0.25) is 5.02 Å². The van der Waals surface area contributed by atoms with Crippen LogP contribution in [0.25, 0.3) is 0 Å². The van der Waals surface area contributed by atoms with Crippen molar-refractivity contribution < 1.29 is 0 Å². The smallest absolute Gasteiger partial charge is 0.222 e. The number of anilines is 2. The number of nitrogen functional groups attached to an aromatic ring is 1. The summed E-state index contributed by atoms with van der Waals surface area (Å²) >= 11 is 5.99. The van der Waals surface area contributed by atoms with Gasteiger partial charge in [0.05, 0.1) is 6.20 Å². The van der Waals surface area contributed by atoms with Gasteiger partial charge in [0.1, 0.15) is 10.8 Å². The topological polar surface area (TPSA) is 67.1 Å². The Morgan fingerprint density at radius 2 is 2.05 bits per heavy atom. The molecule has 0 saturated heterocycles. The third-order valence-corrected chi connectivity index (χ3v) is 3.34. The second kappa shape index (κ2) is 7.81. The van der Waals surface area contributed by atoms with Gasteiger partial charge in [0.2, 0.25) is 5.95 Å². The van der Waals surface area contributed by atoms with Gasteiger partial charge in [-0.3, -0.25) is 0 Å². The molecule has 1 aromatic carbocycles. The van der Waals surface area contributed by atoms with Gasteiger partial charge in [0, 0.05) is 13.1 Å². The number of benzene rings is 1. The number of halogens is 1. The quantitative estimate of drug-likeness (QED) is 0.770. The van der Waals surface area contributed by atoms with Crippen molar-refractivity contribution in [3.8, 4) is 0 Å². The van der Waals surface area contributed by atoms with Gasteiger partial charge in [-0.15, -0.1) is 0 Å². The van der Waals surface area contributed by atoms with Crippen LogP contribution in [0.3, 0.4) is 0 Å². The van der Waals surface area contributed by atoms with Crippen LogP contribution in [0.4, 0.5) is 11.8 Å². The van der Waals surface area contributed by atoms with Crippen molar-refractivity contribution in [3.05, 3.63) is 47.1 Å².